The molecule has 1 aromatic carbocycles. The lowest BCUT2D eigenvalue weighted by Crippen LogP contribution is -2.21. The number of anilines is 1. The molecule has 1 heterocycles. The van der Waals surface area contributed by atoms with Crippen LogP contribution in [0.1, 0.15) is 15.2 Å². The van der Waals surface area contributed by atoms with Crippen molar-refractivity contribution in [3.63, 3.8) is 0 Å². The van der Waals surface area contributed by atoms with Crippen LogP contribution in [0.5, 0.6) is 5.75 Å². The Morgan fingerprint density at radius 1 is 1.33 bits per heavy atom. The van der Waals surface area contributed by atoms with E-state index in [1.54, 1.807) is 29.6 Å². The van der Waals surface area contributed by atoms with Crippen LogP contribution in [-0.4, -0.2) is 23.6 Å². The average molecular weight is 302 g/mol. The number of hydrogen-bond donors (Lipinski definition) is 2. The highest BCUT2D eigenvalue weighted by atomic mass is 32.1. The van der Waals surface area contributed by atoms with Gasteiger partial charge in [-0.1, -0.05) is 12.1 Å². The maximum atomic E-state index is 11.8. The fourth-order valence-electron chi connectivity index (χ4n) is 1.59. The summed E-state index contributed by atoms with van der Waals surface area (Å²) in [5.41, 5.74) is 0.557. The third kappa shape index (κ3) is 3.58. The van der Waals surface area contributed by atoms with E-state index in [2.05, 4.69) is 5.32 Å². The molecule has 106 valence electrons. The molecule has 21 heavy (non-hydrogen) atoms. The molecular formula is C14H10N2O4S. The molecule has 0 atom stereocenters. The second-order valence-corrected chi connectivity index (χ2v) is 4.83. The highest BCUT2D eigenvalue weighted by Gasteiger charge is 2.14. The maximum absolute atomic E-state index is 11.8. The van der Waals surface area contributed by atoms with Crippen molar-refractivity contribution in [2.45, 2.75) is 0 Å². The van der Waals surface area contributed by atoms with Gasteiger partial charge < -0.3 is 15.2 Å². The summed E-state index contributed by atoms with van der Waals surface area (Å²) >= 11 is 1.02. The lowest BCUT2D eigenvalue weighted by atomic mass is 10.2. The molecule has 2 N–H and O–H groups in total. The number of ether oxygens (including phenoxy) is 1. The number of benzene rings is 1. The first-order valence-corrected chi connectivity index (χ1v) is 6.72. The van der Waals surface area contributed by atoms with Gasteiger partial charge in [-0.3, -0.25) is 4.79 Å². The summed E-state index contributed by atoms with van der Waals surface area (Å²) in [6.45, 7) is -0.312. The minimum atomic E-state index is -1.10. The van der Waals surface area contributed by atoms with Crippen LogP contribution < -0.4 is 10.1 Å². The molecule has 0 fully saturated rings. The molecule has 1 aromatic heterocycles. The summed E-state index contributed by atoms with van der Waals surface area (Å²) in [7, 11) is 0. The largest absolute Gasteiger partial charge is 0.482 e. The highest BCUT2D eigenvalue weighted by molar-refractivity contribution is 7.12. The fraction of sp³-hybridized carbons (Fsp3) is 0.0714. The minimum absolute atomic E-state index is 0.0563. The molecule has 0 bridgehead atoms. The first-order valence-electron chi connectivity index (χ1n) is 5.84. The quantitative estimate of drug-likeness (QED) is 0.883. The zero-order valence-electron chi connectivity index (χ0n) is 10.7. The third-order valence-electron chi connectivity index (χ3n) is 2.50. The zero-order chi connectivity index (χ0) is 15.2. The lowest BCUT2D eigenvalue weighted by molar-refractivity contribution is -0.118. The van der Waals surface area contributed by atoms with Crippen molar-refractivity contribution in [3.8, 4) is 11.8 Å². The van der Waals surface area contributed by atoms with Crippen LogP contribution in [-0.2, 0) is 4.79 Å². The van der Waals surface area contributed by atoms with E-state index in [9.17, 15) is 9.59 Å². The molecule has 2 aromatic rings. The van der Waals surface area contributed by atoms with Crippen molar-refractivity contribution < 1.29 is 19.4 Å². The number of nitrogens with zero attached hydrogens (tertiary/aromatic N) is 1. The van der Waals surface area contributed by atoms with Gasteiger partial charge in [-0.05, 0) is 23.6 Å². The molecule has 0 aliphatic carbocycles. The molecule has 0 aliphatic heterocycles. The second-order valence-electron chi connectivity index (χ2n) is 3.91. The smallest absolute Gasteiger partial charge is 0.348 e. The van der Waals surface area contributed by atoms with Crippen molar-refractivity contribution in [1.82, 2.24) is 0 Å². The molecule has 0 aliphatic rings. The van der Waals surface area contributed by atoms with Crippen LogP contribution in [0, 0.1) is 11.3 Å². The summed E-state index contributed by atoms with van der Waals surface area (Å²) in [6.07, 6.45) is 0. The first kappa shape index (κ1) is 14.6. The number of carboxylic acids is 1. The predicted octanol–water partition coefficient (Wildman–Crippen LogP) is 2.34. The lowest BCUT2D eigenvalue weighted by Gasteiger charge is -2.08. The number of nitrogens with one attached hydrogen (secondary N) is 1. The topological polar surface area (TPSA) is 99.4 Å². The first-order chi connectivity index (χ1) is 10.1. The predicted molar refractivity (Wildman–Crippen MR) is 76.6 cm³/mol. The third-order valence-corrected chi connectivity index (χ3v) is 3.40. The van der Waals surface area contributed by atoms with Gasteiger partial charge in [0.15, 0.2) is 6.61 Å². The van der Waals surface area contributed by atoms with Crippen LogP contribution in [0.25, 0.3) is 0 Å². The summed E-state index contributed by atoms with van der Waals surface area (Å²) < 4.78 is 5.26. The Morgan fingerprint density at radius 2 is 2.10 bits per heavy atom. The molecule has 1 amide bonds. The van der Waals surface area contributed by atoms with Crippen LogP contribution in [0.3, 0.4) is 0 Å². The summed E-state index contributed by atoms with van der Waals surface area (Å²) in [5.74, 6) is -1.29. The molecule has 6 nitrogen and oxygen atoms in total. The zero-order valence-corrected chi connectivity index (χ0v) is 11.5. The van der Waals surface area contributed by atoms with Crippen molar-refractivity contribution in [2.75, 3.05) is 11.9 Å². The number of rotatable bonds is 5. The van der Waals surface area contributed by atoms with E-state index in [4.69, 9.17) is 15.1 Å². The Balaban J connectivity index is 1.98. The van der Waals surface area contributed by atoms with Gasteiger partial charge in [0.2, 0.25) is 0 Å². The molecule has 0 saturated carbocycles. The van der Waals surface area contributed by atoms with Gasteiger partial charge in [0.25, 0.3) is 5.91 Å². The van der Waals surface area contributed by atoms with E-state index in [1.807, 2.05) is 6.07 Å². The summed E-state index contributed by atoms with van der Waals surface area (Å²) in [4.78, 5) is 22.7. The van der Waals surface area contributed by atoms with Crippen molar-refractivity contribution in [2.24, 2.45) is 0 Å². The van der Waals surface area contributed by atoms with E-state index in [0.717, 1.165) is 11.3 Å². The van der Waals surface area contributed by atoms with Gasteiger partial charge in [-0.25, -0.2) is 4.79 Å². The van der Waals surface area contributed by atoms with E-state index in [1.165, 1.54) is 6.07 Å². The molecule has 0 radical (unpaired) electrons. The SMILES string of the molecule is N#Cc1ccccc1OCC(=O)Nc1ccsc1C(=O)O. The minimum Gasteiger partial charge on any atom is -0.482 e. The Hall–Kier alpha value is -2.85. The number of aromatic carboxylic acids is 1. The number of hydrogen-bond acceptors (Lipinski definition) is 5. The Kier molecular flexibility index (Phi) is 4.53. The van der Waals surface area contributed by atoms with E-state index < -0.39 is 11.9 Å². The van der Waals surface area contributed by atoms with Crippen LogP contribution in [0.2, 0.25) is 0 Å². The number of carboxylic acid groups (broad SMARTS) is 1. The van der Waals surface area contributed by atoms with Crippen LogP contribution >= 0.6 is 11.3 Å². The van der Waals surface area contributed by atoms with Gasteiger partial charge >= 0.3 is 5.97 Å². The number of carbonyl (C=O) groups is 2. The highest BCUT2D eigenvalue weighted by Crippen LogP contribution is 2.22. The van der Waals surface area contributed by atoms with Gasteiger partial charge in [0.1, 0.15) is 16.7 Å². The number of para-hydroxylation sites is 1. The van der Waals surface area contributed by atoms with E-state index in [0.29, 0.717) is 11.3 Å². The molecular weight excluding hydrogens is 292 g/mol. The van der Waals surface area contributed by atoms with Crippen LogP contribution in [0.15, 0.2) is 35.7 Å². The standard InChI is InChI=1S/C14H10N2O4S/c15-7-9-3-1-2-4-11(9)20-8-12(17)16-10-5-6-21-13(10)14(18)19/h1-6H,8H2,(H,16,17)(H,18,19). The number of thiophene rings is 1. The van der Waals surface area contributed by atoms with Crippen LogP contribution in [0.4, 0.5) is 5.69 Å². The molecule has 2 rings (SSSR count). The van der Waals surface area contributed by atoms with E-state index in [-0.39, 0.29) is 17.2 Å². The Labute approximate surface area is 124 Å². The molecule has 7 heteroatoms. The number of nitriles is 1. The van der Waals surface area contributed by atoms with Crippen molar-refractivity contribution >= 4 is 28.9 Å². The number of amides is 1. The second kappa shape index (κ2) is 6.54. The monoisotopic (exact) mass is 302 g/mol. The molecule has 0 unspecified atom stereocenters. The normalized spacial score (nSPS) is 9.67. The Morgan fingerprint density at radius 3 is 2.81 bits per heavy atom. The maximum Gasteiger partial charge on any atom is 0.348 e. The van der Waals surface area contributed by atoms with Crippen molar-refractivity contribution in [1.29, 1.82) is 5.26 Å². The Bertz CT molecular complexity index is 718. The molecule has 0 saturated heterocycles. The average Bonchev–Trinajstić information content (AvgIpc) is 2.93. The fourth-order valence-corrected chi connectivity index (χ4v) is 2.27. The van der Waals surface area contributed by atoms with Gasteiger partial charge in [0, 0.05) is 0 Å². The van der Waals surface area contributed by atoms with Gasteiger partial charge in [-0.2, -0.15) is 5.26 Å². The van der Waals surface area contributed by atoms with Gasteiger partial charge in [0.05, 0.1) is 11.3 Å². The van der Waals surface area contributed by atoms with E-state index >= 15 is 0 Å². The van der Waals surface area contributed by atoms with Crippen molar-refractivity contribution in [3.05, 3.63) is 46.2 Å². The number of carbonyl (C=O) groups excluding carboxylic acids is 1. The van der Waals surface area contributed by atoms with Gasteiger partial charge in [-0.15, -0.1) is 11.3 Å². The molecule has 0 spiro atoms. The summed E-state index contributed by atoms with van der Waals surface area (Å²) in [6, 6.07) is 10.0. The summed E-state index contributed by atoms with van der Waals surface area (Å²) in [5, 5.41) is 21.9.